The van der Waals surface area contributed by atoms with Crippen LogP contribution in [0, 0.1) is 0 Å². The van der Waals surface area contributed by atoms with E-state index in [1.54, 1.807) is 39.0 Å². The van der Waals surface area contributed by atoms with Crippen molar-refractivity contribution in [3.8, 4) is 0 Å². The number of carbonyl (C=O) groups excluding carboxylic acids is 5. The topological polar surface area (TPSA) is 192 Å². The first-order valence-corrected chi connectivity index (χ1v) is 13.7. The molecule has 1 unspecified atom stereocenters. The van der Waals surface area contributed by atoms with Gasteiger partial charge in [-0.1, -0.05) is 11.2 Å². The van der Waals surface area contributed by atoms with Crippen LogP contribution in [-0.2, 0) is 35.1 Å². The van der Waals surface area contributed by atoms with Gasteiger partial charge in [0.25, 0.3) is 5.91 Å². The number of amides is 5. The summed E-state index contributed by atoms with van der Waals surface area (Å²) >= 11 is 0. The second-order valence-electron chi connectivity index (χ2n) is 10.7. The summed E-state index contributed by atoms with van der Waals surface area (Å²) in [6, 6.07) is 4.12. The molecule has 42 heavy (non-hydrogen) atoms. The molecule has 1 saturated heterocycles. The van der Waals surface area contributed by atoms with Crippen molar-refractivity contribution in [2.45, 2.75) is 58.2 Å². The average molecular weight is 588 g/mol. The number of fused-ring (bicyclic) bond motifs is 1. The van der Waals surface area contributed by atoms with E-state index in [0.717, 1.165) is 0 Å². The first-order valence-electron chi connectivity index (χ1n) is 13.7. The molecule has 0 aliphatic carbocycles. The molecule has 1 fully saturated rings. The van der Waals surface area contributed by atoms with E-state index in [1.165, 1.54) is 9.80 Å². The van der Waals surface area contributed by atoms with Crippen molar-refractivity contribution in [2.75, 3.05) is 51.4 Å². The van der Waals surface area contributed by atoms with Crippen LogP contribution in [0.4, 0.5) is 10.5 Å². The summed E-state index contributed by atoms with van der Waals surface area (Å²) in [7, 11) is 0. The zero-order valence-electron chi connectivity index (χ0n) is 24.1. The highest BCUT2D eigenvalue weighted by atomic mass is 16.6. The Kier molecular flexibility index (Phi) is 11.7. The molecule has 2 aliphatic rings. The van der Waals surface area contributed by atoms with Crippen LogP contribution in [0.2, 0.25) is 0 Å². The van der Waals surface area contributed by atoms with Crippen LogP contribution < -0.4 is 10.6 Å². The maximum absolute atomic E-state index is 13.1. The highest BCUT2D eigenvalue weighted by molar-refractivity contribution is 6.07. The molecule has 2 N–H and O–H groups in total. The molecule has 15 nitrogen and oxygen atoms in total. The summed E-state index contributed by atoms with van der Waals surface area (Å²) in [4.78, 5) is 68.3. The third-order valence-electron chi connectivity index (χ3n) is 6.33. The van der Waals surface area contributed by atoms with Crippen LogP contribution in [0.15, 0.2) is 23.3 Å². The van der Waals surface area contributed by atoms with Crippen molar-refractivity contribution in [2.24, 2.45) is 5.11 Å². The predicted molar refractivity (Wildman–Crippen MR) is 149 cm³/mol. The zero-order valence-corrected chi connectivity index (χ0v) is 24.1. The van der Waals surface area contributed by atoms with Crippen molar-refractivity contribution in [1.29, 1.82) is 0 Å². The largest absolute Gasteiger partial charge is 0.444 e. The molecule has 0 spiro atoms. The van der Waals surface area contributed by atoms with Gasteiger partial charge in [0.1, 0.15) is 18.2 Å². The summed E-state index contributed by atoms with van der Waals surface area (Å²) in [5.41, 5.74) is 8.78. The minimum atomic E-state index is -0.777. The monoisotopic (exact) mass is 587 g/mol. The van der Waals surface area contributed by atoms with Crippen molar-refractivity contribution >= 4 is 35.4 Å². The normalized spacial score (nSPS) is 16.4. The number of piperidine rings is 1. The third kappa shape index (κ3) is 9.43. The maximum Gasteiger partial charge on any atom is 0.410 e. The number of benzene rings is 1. The summed E-state index contributed by atoms with van der Waals surface area (Å²) in [6.07, 6.45) is 0.140. The highest BCUT2D eigenvalue weighted by Crippen LogP contribution is 2.32. The van der Waals surface area contributed by atoms with Gasteiger partial charge in [0.05, 0.1) is 19.8 Å². The molecule has 1 aromatic carbocycles. The summed E-state index contributed by atoms with van der Waals surface area (Å²) in [5, 5.41) is 8.43. The average Bonchev–Trinajstić information content (AvgIpc) is 3.25. The van der Waals surface area contributed by atoms with Gasteiger partial charge in [0, 0.05) is 54.4 Å². The first kappa shape index (κ1) is 32.3. The summed E-state index contributed by atoms with van der Waals surface area (Å²) in [5.74, 6) is -1.74. The molecular weight excluding hydrogens is 550 g/mol. The van der Waals surface area contributed by atoms with Gasteiger partial charge in [-0.2, -0.15) is 0 Å². The summed E-state index contributed by atoms with van der Waals surface area (Å²) < 4.78 is 16.3. The van der Waals surface area contributed by atoms with Gasteiger partial charge in [-0.05, 0) is 51.3 Å². The van der Waals surface area contributed by atoms with Gasteiger partial charge >= 0.3 is 6.09 Å². The van der Waals surface area contributed by atoms with Crippen molar-refractivity contribution in [3.63, 3.8) is 0 Å². The van der Waals surface area contributed by atoms with Gasteiger partial charge in [0.15, 0.2) is 0 Å². The van der Waals surface area contributed by atoms with E-state index in [2.05, 4.69) is 20.7 Å². The Labute approximate surface area is 243 Å². The van der Waals surface area contributed by atoms with Crippen molar-refractivity contribution < 1.29 is 38.2 Å². The number of imide groups is 1. The Hall–Kier alpha value is -4.20. The second kappa shape index (κ2) is 15.1. The molecule has 2 aliphatic heterocycles. The van der Waals surface area contributed by atoms with E-state index < -0.39 is 29.6 Å². The van der Waals surface area contributed by atoms with Gasteiger partial charge in [-0.15, -0.1) is 0 Å². The molecule has 0 radical (unpaired) electrons. The van der Waals surface area contributed by atoms with Crippen LogP contribution in [0.3, 0.4) is 0 Å². The number of ether oxygens (including phenoxy) is 3. The Bertz CT molecular complexity index is 1230. The number of azide groups is 1. The number of nitrogens with one attached hydrogen (secondary N) is 2. The molecule has 2 heterocycles. The number of anilines is 1. The lowest BCUT2D eigenvalue weighted by molar-refractivity contribution is -0.137. The minimum absolute atomic E-state index is 0.0965. The molecular formula is C27H37N7O8. The van der Waals surface area contributed by atoms with E-state index in [0.29, 0.717) is 49.7 Å². The lowest BCUT2D eigenvalue weighted by Crippen LogP contribution is -2.52. The minimum Gasteiger partial charge on any atom is -0.444 e. The molecule has 0 bridgehead atoms. The Balaban J connectivity index is 1.57. The Morgan fingerprint density at radius 3 is 2.60 bits per heavy atom. The van der Waals surface area contributed by atoms with Gasteiger partial charge in [0.2, 0.25) is 17.7 Å². The molecule has 3 rings (SSSR count). The zero-order chi connectivity index (χ0) is 30.7. The molecule has 228 valence electrons. The number of rotatable bonds is 14. The molecule has 5 amide bonds. The lowest BCUT2D eigenvalue weighted by atomic mass is 10.0. The molecule has 0 aromatic heterocycles. The van der Waals surface area contributed by atoms with Crippen LogP contribution in [0.5, 0.6) is 0 Å². The van der Waals surface area contributed by atoms with Gasteiger partial charge in [-0.25, -0.2) is 4.79 Å². The maximum atomic E-state index is 13.1. The van der Waals surface area contributed by atoms with Gasteiger partial charge < -0.3 is 24.4 Å². The number of hydrogen-bond acceptors (Lipinski definition) is 9. The van der Waals surface area contributed by atoms with E-state index in [4.69, 9.17) is 19.7 Å². The predicted octanol–water partition coefficient (Wildman–Crippen LogP) is 2.36. The van der Waals surface area contributed by atoms with Crippen LogP contribution in [0.25, 0.3) is 10.4 Å². The fourth-order valence-electron chi connectivity index (χ4n) is 4.46. The third-order valence-corrected chi connectivity index (χ3v) is 6.33. The molecule has 0 saturated carbocycles. The Morgan fingerprint density at radius 2 is 1.90 bits per heavy atom. The standard InChI is InChI=1S/C27H37N7O8/c1-27(2,3)42-26(39)33(11-5-12-40-14-15-41-13-10-29-32-28)17-23(36)30-20-7-4-6-18-19(20)16-34(25(18)38)21-8-9-22(35)31-24(21)37/h4,6-7,21H,5,8-17H2,1-3H3,(H,30,36)(H,31,35,37). The fraction of sp³-hybridized carbons (Fsp3) is 0.593. The molecule has 15 heteroatoms. The number of carbonyl (C=O) groups is 5. The fourth-order valence-corrected chi connectivity index (χ4v) is 4.46. The van der Waals surface area contributed by atoms with E-state index >= 15 is 0 Å². The Morgan fingerprint density at radius 1 is 1.17 bits per heavy atom. The van der Waals surface area contributed by atoms with E-state index in [9.17, 15) is 24.0 Å². The molecule has 1 aromatic rings. The SMILES string of the molecule is CC(C)(C)OC(=O)N(CCCOCCOCCN=[N+]=[N-])CC(=O)Nc1cccc2c1CN(C1CCC(=O)NC1=O)C2=O. The summed E-state index contributed by atoms with van der Waals surface area (Å²) in [6.45, 7) is 6.66. The van der Waals surface area contributed by atoms with Crippen molar-refractivity contribution in [3.05, 3.63) is 39.8 Å². The van der Waals surface area contributed by atoms with E-state index in [-0.39, 0.29) is 50.8 Å². The number of hydrogen-bond donors (Lipinski definition) is 2. The van der Waals surface area contributed by atoms with Crippen LogP contribution >= 0.6 is 0 Å². The van der Waals surface area contributed by atoms with Gasteiger partial charge in [-0.3, -0.25) is 29.4 Å². The lowest BCUT2D eigenvalue weighted by Gasteiger charge is -2.29. The number of nitrogens with zero attached hydrogens (tertiary/aromatic N) is 5. The second-order valence-corrected chi connectivity index (χ2v) is 10.7. The van der Waals surface area contributed by atoms with Crippen molar-refractivity contribution in [1.82, 2.24) is 15.1 Å². The smallest absolute Gasteiger partial charge is 0.410 e. The quantitative estimate of drug-likeness (QED) is 0.109. The molecule has 1 atom stereocenters. The van der Waals surface area contributed by atoms with Crippen LogP contribution in [0.1, 0.15) is 56.0 Å². The first-order chi connectivity index (χ1) is 20.0. The van der Waals surface area contributed by atoms with E-state index in [1.807, 2.05) is 0 Å². The van der Waals surface area contributed by atoms with Crippen LogP contribution in [-0.4, -0.2) is 97.2 Å². The highest BCUT2D eigenvalue weighted by Gasteiger charge is 2.40.